The van der Waals surface area contributed by atoms with E-state index in [9.17, 15) is 14.7 Å². The Morgan fingerprint density at radius 3 is 2.54 bits per heavy atom. The predicted octanol–water partition coefficient (Wildman–Crippen LogP) is 3.68. The van der Waals surface area contributed by atoms with Crippen LogP contribution in [0.1, 0.15) is 39.0 Å². The number of aliphatic hydroxyl groups is 1. The number of amides is 1. The summed E-state index contributed by atoms with van der Waals surface area (Å²) in [6, 6.07) is 8.85. The topological polar surface area (TPSA) is 66.4 Å². The molecule has 1 unspecified atom stereocenters. The number of carbonyl (C=O) groups is 2. The highest BCUT2D eigenvalue weighted by atomic mass is 35.5. The van der Waals surface area contributed by atoms with Crippen molar-refractivity contribution in [1.29, 1.82) is 0 Å². The van der Waals surface area contributed by atoms with Crippen LogP contribution in [-0.4, -0.2) is 16.8 Å². The zero-order valence-corrected chi connectivity index (χ0v) is 14.5. The molecule has 1 atom stereocenters. The quantitative estimate of drug-likeness (QED) is 0.835. The minimum absolute atomic E-state index is 0.268. The summed E-state index contributed by atoms with van der Waals surface area (Å²) in [4.78, 5) is 25.1. The van der Waals surface area contributed by atoms with Gasteiger partial charge in [-0.3, -0.25) is 9.59 Å². The lowest BCUT2D eigenvalue weighted by molar-refractivity contribution is -0.133. The maximum atomic E-state index is 12.7. The molecule has 0 fully saturated rings. The van der Waals surface area contributed by atoms with Crippen molar-refractivity contribution in [3.63, 3.8) is 0 Å². The molecule has 4 nitrogen and oxygen atoms in total. The van der Waals surface area contributed by atoms with Gasteiger partial charge in [-0.15, -0.1) is 0 Å². The number of Topliss-reactive ketones (excluding diaryl/α,β-unsaturated/α-hetero) is 1. The first kappa shape index (κ1) is 16.7. The van der Waals surface area contributed by atoms with E-state index in [1.807, 2.05) is 32.9 Å². The Balaban J connectivity index is 2.03. The zero-order valence-electron chi connectivity index (χ0n) is 13.7. The Hall–Kier alpha value is -2.17. The van der Waals surface area contributed by atoms with Gasteiger partial charge in [0.1, 0.15) is 0 Å². The van der Waals surface area contributed by atoms with Gasteiger partial charge < -0.3 is 10.4 Å². The predicted molar refractivity (Wildman–Crippen MR) is 93.6 cm³/mol. The third-order valence-corrected chi connectivity index (χ3v) is 4.80. The monoisotopic (exact) mass is 343 g/mol. The van der Waals surface area contributed by atoms with Gasteiger partial charge in [-0.1, -0.05) is 41.4 Å². The molecule has 0 saturated carbocycles. The molecule has 5 heteroatoms. The number of halogens is 1. The number of hydrogen-bond donors (Lipinski definition) is 2. The molecule has 2 aromatic rings. The van der Waals surface area contributed by atoms with Crippen molar-refractivity contribution in [3.8, 4) is 0 Å². The largest absolute Gasteiger partial charge is 0.375 e. The molecule has 3 rings (SSSR count). The molecule has 24 heavy (non-hydrogen) atoms. The number of aryl methyl sites for hydroxylation is 3. The fraction of sp³-hybridized carbons (Fsp3) is 0.263. The summed E-state index contributed by atoms with van der Waals surface area (Å²) in [7, 11) is 0. The van der Waals surface area contributed by atoms with Crippen LogP contribution in [0.25, 0.3) is 0 Å². The number of hydrogen-bond acceptors (Lipinski definition) is 3. The van der Waals surface area contributed by atoms with Gasteiger partial charge in [0.25, 0.3) is 5.91 Å². The molecule has 1 heterocycles. The summed E-state index contributed by atoms with van der Waals surface area (Å²) < 4.78 is 0. The third-order valence-electron chi connectivity index (χ3n) is 4.49. The molecular formula is C19H18ClNO3. The highest BCUT2D eigenvalue weighted by Crippen LogP contribution is 2.44. The lowest BCUT2D eigenvalue weighted by Gasteiger charge is -2.21. The van der Waals surface area contributed by atoms with Crippen LogP contribution < -0.4 is 5.32 Å². The lowest BCUT2D eigenvalue weighted by Crippen LogP contribution is -2.36. The van der Waals surface area contributed by atoms with Crippen LogP contribution in [0.4, 0.5) is 5.69 Å². The Kier molecular flexibility index (Phi) is 3.98. The van der Waals surface area contributed by atoms with Crippen LogP contribution in [0, 0.1) is 20.8 Å². The normalized spacial score (nSPS) is 19.1. The number of rotatable bonds is 3. The van der Waals surface area contributed by atoms with E-state index >= 15 is 0 Å². The van der Waals surface area contributed by atoms with E-state index in [-0.39, 0.29) is 22.8 Å². The van der Waals surface area contributed by atoms with Crippen LogP contribution >= 0.6 is 11.6 Å². The van der Waals surface area contributed by atoms with Gasteiger partial charge in [0.15, 0.2) is 11.4 Å². The summed E-state index contributed by atoms with van der Waals surface area (Å²) in [6.45, 7) is 5.59. The van der Waals surface area contributed by atoms with E-state index in [4.69, 9.17) is 11.6 Å². The Bertz CT molecular complexity index is 875. The number of benzene rings is 2. The van der Waals surface area contributed by atoms with Gasteiger partial charge in [0.05, 0.1) is 12.1 Å². The molecule has 1 aliphatic heterocycles. The minimum atomic E-state index is -1.95. The molecule has 124 valence electrons. The summed E-state index contributed by atoms with van der Waals surface area (Å²) in [5.41, 5.74) is 1.97. The smallest absolute Gasteiger partial charge is 0.261 e. The van der Waals surface area contributed by atoms with Gasteiger partial charge in [-0.25, -0.2) is 0 Å². The molecule has 0 radical (unpaired) electrons. The summed E-state index contributed by atoms with van der Waals surface area (Å²) in [5.74, 6) is -0.914. The van der Waals surface area contributed by atoms with Gasteiger partial charge in [0.2, 0.25) is 0 Å². The molecule has 0 aromatic heterocycles. The average Bonchev–Trinajstić information content (AvgIpc) is 2.76. The van der Waals surface area contributed by atoms with E-state index in [2.05, 4.69) is 5.32 Å². The first-order valence-electron chi connectivity index (χ1n) is 7.68. The second kappa shape index (κ2) is 5.72. The lowest BCUT2D eigenvalue weighted by atomic mass is 9.86. The van der Waals surface area contributed by atoms with Gasteiger partial charge in [-0.05, 0) is 38.0 Å². The Labute approximate surface area is 145 Å². The van der Waals surface area contributed by atoms with Crippen molar-refractivity contribution >= 4 is 29.0 Å². The van der Waals surface area contributed by atoms with Crippen LogP contribution in [0.15, 0.2) is 30.3 Å². The average molecular weight is 344 g/mol. The van der Waals surface area contributed by atoms with Gasteiger partial charge >= 0.3 is 0 Å². The molecule has 0 saturated heterocycles. The van der Waals surface area contributed by atoms with E-state index in [0.717, 1.165) is 16.7 Å². The van der Waals surface area contributed by atoms with Crippen LogP contribution in [0.2, 0.25) is 5.02 Å². The van der Waals surface area contributed by atoms with Crippen molar-refractivity contribution < 1.29 is 14.7 Å². The molecule has 1 aliphatic rings. The van der Waals surface area contributed by atoms with Crippen LogP contribution in [-0.2, 0) is 10.4 Å². The Morgan fingerprint density at radius 1 is 1.17 bits per heavy atom. The van der Waals surface area contributed by atoms with E-state index < -0.39 is 11.5 Å². The van der Waals surface area contributed by atoms with Crippen molar-refractivity contribution in [2.24, 2.45) is 0 Å². The number of fused-ring (bicyclic) bond motifs is 1. The fourth-order valence-corrected chi connectivity index (χ4v) is 3.51. The molecule has 1 amide bonds. The van der Waals surface area contributed by atoms with Crippen molar-refractivity contribution in [3.05, 3.63) is 63.2 Å². The van der Waals surface area contributed by atoms with Crippen LogP contribution in [0.5, 0.6) is 0 Å². The summed E-state index contributed by atoms with van der Waals surface area (Å²) in [6.07, 6.45) is -0.348. The first-order chi connectivity index (χ1) is 11.2. The highest BCUT2D eigenvalue weighted by molar-refractivity contribution is 6.33. The number of ketones is 1. The number of carbonyl (C=O) groups excluding carboxylic acids is 2. The number of anilines is 1. The van der Waals surface area contributed by atoms with E-state index in [0.29, 0.717) is 11.3 Å². The SMILES string of the molecule is Cc1ccc(C(=O)CC2(O)C(=O)Nc3c(C)ccc(Cl)c32)c(C)c1. The maximum Gasteiger partial charge on any atom is 0.261 e. The first-order valence-corrected chi connectivity index (χ1v) is 8.05. The van der Waals surface area contributed by atoms with Crippen LogP contribution in [0.3, 0.4) is 0 Å². The second-order valence-electron chi connectivity index (χ2n) is 6.35. The molecular weight excluding hydrogens is 326 g/mol. The molecule has 0 aliphatic carbocycles. The van der Waals surface area contributed by atoms with E-state index in [1.165, 1.54) is 0 Å². The number of nitrogens with one attached hydrogen (secondary N) is 1. The second-order valence-corrected chi connectivity index (χ2v) is 6.75. The third kappa shape index (κ3) is 2.52. The Morgan fingerprint density at radius 2 is 1.88 bits per heavy atom. The summed E-state index contributed by atoms with van der Waals surface area (Å²) >= 11 is 6.21. The maximum absolute atomic E-state index is 12.7. The highest BCUT2D eigenvalue weighted by Gasteiger charge is 2.48. The minimum Gasteiger partial charge on any atom is -0.375 e. The summed E-state index contributed by atoms with van der Waals surface area (Å²) in [5, 5.41) is 13.9. The fourth-order valence-electron chi connectivity index (χ4n) is 3.20. The van der Waals surface area contributed by atoms with E-state index in [1.54, 1.807) is 18.2 Å². The molecule has 2 N–H and O–H groups in total. The van der Waals surface area contributed by atoms with Crippen molar-refractivity contribution in [2.45, 2.75) is 32.8 Å². The van der Waals surface area contributed by atoms with Gasteiger partial charge in [-0.2, -0.15) is 0 Å². The molecule has 0 spiro atoms. The zero-order chi connectivity index (χ0) is 17.6. The molecule has 0 bridgehead atoms. The van der Waals surface area contributed by atoms with Crippen molar-refractivity contribution in [2.75, 3.05) is 5.32 Å². The molecule has 2 aromatic carbocycles. The van der Waals surface area contributed by atoms with Crippen molar-refractivity contribution in [1.82, 2.24) is 0 Å². The standard InChI is InChI=1S/C19H18ClNO3/c1-10-4-6-13(12(3)8-10)15(22)9-19(24)16-14(20)7-5-11(2)17(16)21-18(19)23/h4-8,24H,9H2,1-3H3,(H,21,23). The van der Waals surface area contributed by atoms with Gasteiger partial charge in [0, 0.05) is 16.1 Å².